The Morgan fingerprint density at radius 2 is 1.62 bits per heavy atom. The number of unbranched alkanes of at least 4 members (excludes halogenated alkanes) is 1. The van der Waals surface area contributed by atoms with E-state index < -0.39 is 0 Å². The first-order valence-electron chi connectivity index (χ1n) is 9.09. The Morgan fingerprint density at radius 3 is 2.38 bits per heavy atom. The van der Waals surface area contributed by atoms with Crippen molar-refractivity contribution in [2.24, 2.45) is 0 Å². The summed E-state index contributed by atoms with van der Waals surface area (Å²) in [5.74, 6) is 0.744. The average molecular weight is 318 g/mol. The summed E-state index contributed by atoms with van der Waals surface area (Å²) in [7, 11) is 0. The Bertz CT molecular complexity index is 664. The van der Waals surface area contributed by atoms with Crippen LogP contribution in [0.15, 0.2) is 54.6 Å². The van der Waals surface area contributed by atoms with Crippen LogP contribution in [0.3, 0.4) is 0 Å². The Kier molecular flexibility index (Phi) is 6.04. The first-order chi connectivity index (χ1) is 11.9. The maximum Gasteiger partial charge on any atom is 0.190 e. The largest absolute Gasteiger partial charge is 0.303 e. The quantitative estimate of drug-likeness (QED) is 0.508. The van der Waals surface area contributed by atoms with E-state index in [4.69, 9.17) is 6.57 Å². The molecule has 0 N–H and O–H groups in total. The molecule has 2 heteroatoms. The minimum absolute atomic E-state index is 0.744. The normalized spacial score (nSPS) is 16.0. The Labute approximate surface area is 145 Å². The second-order valence-electron chi connectivity index (χ2n) is 6.72. The first kappa shape index (κ1) is 16.7. The second-order valence-corrected chi connectivity index (χ2v) is 6.72. The highest BCUT2D eigenvalue weighted by Crippen LogP contribution is 2.28. The van der Waals surface area contributed by atoms with Gasteiger partial charge in [-0.25, -0.2) is 4.85 Å². The highest BCUT2D eigenvalue weighted by Gasteiger charge is 2.19. The molecule has 3 rings (SSSR count). The van der Waals surface area contributed by atoms with Crippen LogP contribution in [0.25, 0.3) is 4.85 Å². The molecule has 1 saturated heterocycles. The van der Waals surface area contributed by atoms with E-state index in [2.05, 4.69) is 46.1 Å². The molecule has 0 saturated carbocycles. The number of nitrogens with zero attached hydrogens (tertiary/aromatic N) is 2. The zero-order valence-corrected chi connectivity index (χ0v) is 14.3. The summed E-state index contributed by atoms with van der Waals surface area (Å²) in [6, 6.07) is 19.0. The maximum atomic E-state index is 7.23. The summed E-state index contributed by atoms with van der Waals surface area (Å²) >= 11 is 0. The van der Waals surface area contributed by atoms with E-state index in [1.807, 2.05) is 18.2 Å². The fourth-order valence-corrected chi connectivity index (χ4v) is 3.70. The molecule has 0 bridgehead atoms. The molecule has 1 heterocycles. The van der Waals surface area contributed by atoms with E-state index in [1.54, 1.807) is 0 Å². The van der Waals surface area contributed by atoms with Gasteiger partial charge in [-0.3, -0.25) is 0 Å². The van der Waals surface area contributed by atoms with Crippen LogP contribution in [0, 0.1) is 6.57 Å². The molecule has 24 heavy (non-hydrogen) atoms. The van der Waals surface area contributed by atoms with Crippen LogP contribution in [-0.4, -0.2) is 24.5 Å². The lowest BCUT2D eigenvalue weighted by Crippen LogP contribution is -2.33. The van der Waals surface area contributed by atoms with Crippen LogP contribution in [0.2, 0.25) is 0 Å². The summed E-state index contributed by atoms with van der Waals surface area (Å²) in [6.07, 6.45) is 5.99. The summed E-state index contributed by atoms with van der Waals surface area (Å²) < 4.78 is 0. The Balaban J connectivity index is 1.37. The van der Waals surface area contributed by atoms with E-state index in [9.17, 15) is 0 Å². The van der Waals surface area contributed by atoms with Gasteiger partial charge in [-0.1, -0.05) is 54.6 Å². The highest BCUT2D eigenvalue weighted by molar-refractivity contribution is 5.51. The van der Waals surface area contributed by atoms with Crippen LogP contribution < -0.4 is 0 Å². The third kappa shape index (κ3) is 4.46. The van der Waals surface area contributed by atoms with Crippen LogP contribution in [0.4, 0.5) is 5.69 Å². The molecule has 2 aromatic rings. The van der Waals surface area contributed by atoms with Gasteiger partial charge in [0.05, 0.1) is 6.57 Å². The topological polar surface area (TPSA) is 7.60 Å². The summed E-state index contributed by atoms with van der Waals surface area (Å²) in [4.78, 5) is 6.23. The van der Waals surface area contributed by atoms with E-state index in [0.717, 1.165) is 18.0 Å². The smallest absolute Gasteiger partial charge is 0.190 e. The Hall–Kier alpha value is -2.11. The predicted octanol–water partition coefficient (Wildman–Crippen LogP) is 5.44. The number of hydrogen-bond acceptors (Lipinski definition) is 1. The highest BCUT2D eigenvalue weighted by atomic mass is 15.1. The van der Waals surface area contributed by atoms with Crippen molar-refractivity contribution in [1.82, 2.24) is 4.90 Å². The Morgan fingerprint density at radius 1 is 0.917 bits per heavy atom. The number of piperidine rings is 1. The minimum atomic E-state index is 0.744. The SMILES string of the molecule is [C-]#[N+]c1ccccc1CCCCN1CCC(c2ccccc2)CC1. The number of benzene rings is 2. The molecule has 1 fully saturated rings. The third-order valence-corrected chi connectivity index (χ3v) is 5.14. The van der Waals surface area contributed by atoms with Crippen molar-refractivity contribution in [2.45, 2.75) is 38.0 Å². The van der Waals surface area contributed by atoms with Crippen LogP contribution in [0.1, 0.15) is 42.7 Å². The molecule has 0 aliphatic carbocycles. The monoisotopic (exact) mass is 318 g/mol. The molecule has 0 aromatic heterocycles. The molecule has 0 radical (unpaired) electrons. The zero-order valence-electron chi connectivity index (χ0n) is 14.3. The molecule has 0 atom stereocenters. The van der Waals surface area contributed by atoms with Gasteiger partial charge in [-0.15, -0.1) is 0 Å². The first-order valence-corrected chi connectivity index (χ1v) is 9.09. The summed E-state index contributed by atoms with van der Waals surface area (Å²) in [5, 5.41) is 0. The van der Waals surface area contributed by atoms with Crippen molar-refractivity contribution in [3.63, 3.8) is 0 Å². The molecule has 124 valence electrons. The molecule has 2 nitrogen and oxygen atoms in total. The van der Waals surface area contributed by atoms with Crippen molar-refractivity contribution >= 4 is 5.69 Å². The van der Waals surface area contributed by atoms with Crippen molar-refractivity contribution in [3.05, 3.63) is 77.1 Å². The van der Waals surface area contributed by atoms with Gasteiger partial charge in [0, 0.05) is 0 Å². The van der Waals surface area contributed by atoms with E-state index in [1.165, 1.54) is 56.4 Å². The van der Waals surface area contributed by atoms with Gasteiger partial charge >= 0.3 is 0 Å². The van der Waals surface area contributed by atoms with Crippen molar-refractivity contribution in [2.75, 3.05) is 19.6 Å². The number of aryl methyl sites for hydroxylation is 1. The van der Waals surface area contributed by atoms with Gasteiger partial charge in [0.15, 0.2) is 5.69 Å². The van der Waals surface area contributed by atoms with Gasteiger partial charge in [0.2, 0.25) is 0 Å². The lowest BCUT2D eigenvalue weighted by atomic mass is 9.89. The maximum absolute atomic E-state index is 7.23. The van der Waals surface area contributed by atoms with Gasteiger partial charge in [0.25, 0.3) is 0 Å². The van der Waals surface area contributed by atoms with Crippen LogP contribution >= 0.6 is 0 Å². The van der Waals surface area contributed by atoms with Crippen LogP contribution in [0.5, 0.6) is 0 Å². The van der Waals surface area contributed by atoms with Crippen molar-refractivity contribution in [1.29, 1.82) is 0 Å². The molecule has 2 aromatic carbocycles. The fourth-order valence-electron chi connectivity index (χ4n) is 3.70. The molecule has 0 spiro atoms. The lowest BCUT2D eigenvalue weighted by Gasteiger charge is -2.32. The van der Waals surface area contributed by atoms with Crippen molar-refractivity contribution < 1.29 is 0 Å². The molecule has 0 amide bonds. The zero-order chi connectivity index (χ0) is 16.6. The average Bonchev–Trinajstić information content (AvgIpc) is 2.67. The van der Waals surface area contributed by atoms with Gasteiger partial charge in [0.1, 0.15) is 0 Å². The summed E-state index contributed by atoms with van der Waals surface area (Å²) in [5.41, 5.74) is 3.53. The van der Waals surface area contributed by atoms with Gasteiger partial charge in [-0.05, 0) is 68.8 Å². The number of likely N-dealkylation sites (tertiary alicyclic amines) is 1. The van der Waals surface area contributed by atoms with Crippen molar-refractivity contribution in [3.8, 4) is 0 Å². The number of hydrogen-bond donors (Lipinski definition) is 0. The molecule has 1 aliphatic rings. The summed E-state index contributed by atoms with van der Waals surface area (Å²) in [6.45, 7) is 10.9. The molecule has 1 aliphatic heterocycles. The van der Waals surface area contributed by atoms with E-state index >= 15 is 0 Å². The molecular weight excluding hydrogens is 292 g/mol. The lowest BCUT2D eigenvalue weighted by molar-refractivity contribution is 0.209. The van der Waals surface area contributed by atoms with E-state index in [-0.39, 0.29) is 0 Å². The third-order valence-electron chi connectivity index (χ3n) is 5.14. The number of para-hydroxylation sites is 1. The molecule has 0 unspecified atom stereocenters. The molecular formula is C22H26N2. The second kappa shape index (κ2) is 8.66. The van der Waals surface area contributed by atoms with Gasteiger partial charge in [-0.2, -0.15) is 0 Å². The number of rotatable bonds is 6. The minimum Gasteiger partial charge on any atom is -0.303 e. The van der Waals surface area contributed by atoms with E-state index in [0.29, 0.717) is 0 Å². The standard InChI is InChI=1S/C22H26N2/c1-23-22-13-6-5-11-21(22)12-7-8-16-24-17-14-20(15-18-24)19-9-3-2-4-10-19/h2-6,9-11,13,20H,7-8,12,14-18H2. The fraction of sp³-hybridized carbons (Fsp3) is 0.409. The van der Waals surface area contributed by atoms with Gasteiger partial charge < -0.3 is 4.90 Å². The van der Waals surface area contributed by atoms with Crippen LogP contribution in [-0.2, 0) is 6.42 Å². The predicted molar refractivity (Wildman–Crippen MR) is 100 cm³/mol.